The molecule has 3 rings (SSSR count). The Morgan fingerprint density at radius 2 is 2.44 bits per heavy atom. The Kier molecular flexibility index (Phi) is 2.98. The van der Waals surface area contributed by atoms with Crippen LogP contribution in [0.15, 0.2) is 30.7 Å². The van der Waals surface area contributed by atoms with Crippen LogP contribution < -0.4 is 10.1 Å². The van der Waals surface area contributed by atoms with Gasteiger partial charge in [-0.3, -0.25) is 4.98 Å². The molecule has 2 aromatic rings. The summed E-state index contributed by atoms with van der Waals surface area (Å²) in [6.07, 6.45) is 5.35. The Bertz CT molecular complexity index is 523. The molecule has 1 aliphatic heterocycles. The van der Waals surface area contributed by atoms with E-state index in [-0.39, 0.29) is 0 Å². The van der Waals surface area contributed by atoms with Gasteiger partial charge in [0.25, 0.3) is 0 Å². The summed E-state index contributed by atoms with van der Waals surface area (Å²) in [5, 5.41) is 3.39. The van der Waals surface area contributed by atoms with Crippen LogP contribution >= 0.6 is 0 Å². The second kappa shape index (κ2) is 4.78. The van der Waals surface area contributed by atoms with Crippen molar-refractivity contribution in [3.8, 4) is 5.75 Å². The van der Waals surface area contributed by atoms with E-state index in [1.165, 1.54) is 0 Å². The lowest BCUT2D eigenvalue weighted by Crippen LogP contribution is -2.32. The molecule has 0 saturated heterocycles. The highest BCUT2D eigenvalue weighted by molar-refractivity contribution is 5.17. The Balaban J connectivity index is 1.74. The molecule has 0 saturated carbocycles. The predicted molar refractivity (Wildman–Crippen MR) is 67.2 cm³/mol. The SMILES string of the molecule is C[C@@H]1NCCn2c(COc3cccnc3)cnc21. The summed E-state index contributed by atoms with van der Waals surface area (Å²) in [5.74, 6) is 1.88. The molecule has 0 amide bonds. The van der Waals surface area contributed by atoms with Gasteiger partial charge < -0.3 is 14.6 Å². The van der Waals surface area contributed by atoms with Crippen LogP contribution in [0.1, 0.15) is 24.5 Å². The Hall–Kier alpha value is -1.88. The smallest absolute Gasteiger partial charge is 0.138 e. The van der Waals surface area contributed by atoms with Crippen LogP contribution in [0.2, 0.25) is 0 Å². The number of pyridine rings is 1. The van der Waals surface area contributed by atoms with Crippen molar-refractivity contribution in [1.29, 1.82) is 0 Å². The number of hydrogen-bond donors (Lipinski definition) is 1. The molecule has 0 spiro atoms. The first-order chi connectivity index (χ1) is 8.84. The molecule has 1 atom stereocenters. The maximum Gasteiger partial charge on any atom is 0.138 e. The first kappa shape index (κ1) is 11.2. The van der Waals surface area contributed by atoms with Gasteiger partial charge in [0.2, 0.25) is 0 Å². The third-order valence-electron chi connectivity index (χ3n) is 3.16. The van der Waals surface area contributed by atoms with Crippen LogP contribution in [0.25, 0.3) is 0 Å². The third kappa shape index (κ3) is 2.09. The highest BCUT2D eigenvalue weighted by Crippen LogP contribution is 2.18. The molecule has 0 fully saturated rings. The standard InChI is InChI=1S/C13H16N4O/c1-10-13-16-7-11(17(13)6-5-15-10)9-18-12-3-2-4-14-8-12/h2-4,7-8,10,15H,5-6,9H2,1H3/t10-/m0/s1. The second-order valence-corrected chi connectivity index (χ2v) is 4.41. The average molecular weight is 244 g/mol. The third-order valence-corrected chi connectivity index (χ3v) is 3.16. The summed E-state index contributed by atoms with van der Waals surface area (Å²) in [6.45, 7) is 4.59. The minimum atomic E-state index is 0.311. The van der Waals surface area contributed by atoms with Crippen molar-refractivity contribution in [3.63, 3.8) is 0 Å². The van der Waals surface area contributed by atoms with Gasteiger partial charge in [0.1, 0.15) is 18.2 Å². The van der Waals surface area contributed by atoms with Gasteiger partial charge in [-0.25, -0.2) is 4.98 Å². The Labute approximate surface area is 106 Å². The summed E-state index contributed by atoms with van der Waals surface area (Å²) in [5.41, 5.74) is 1.11. The van der Waals surface area contributed by atoms with E-state index < -0.39 is 0 Å². The maximum atomic E-state index is 5.71. The molecule has 0 aliphatic carbocycles. The van der Waals surface area contributed by atoms with Crippen LogP contribution in [-0.4, -0.2) is 21.1 Å². The van der Waals surface area contributed by atoms with E-state index >= 15 is 0 Å². The number of rotatable bonds is 3. The number of imidazole rings is 1. The monoisotopic (exact) mass is 244 g/mol. The normalized spacial score (nSPS) is 18.4. The van der Waals surface area contributed by atoms with Crippen molar-refractivity contribution in [3.05, 3.63) is 42.2 Å². The number of fused-ring (bicyclic) bond motifs is 1. The van der Waals surface area contributed by atoms with Crippen LogP contribution in [0.4, 0.5) is 0 Å². The fourth-order valence-electron chi connectivity index (χ4n) is 2.22. The van der Waals surface area contributed by atoms with E-state index in [2.05, 4.69) is 26.8 Å². The largest absolute Gasteiger partial charge is 0.486 e. The summed E-state index contributed by atoms with van der Waals surface area (Å²) < 4.78 is 7.94. The summed E-state index contributed by atoms with van der Waals surface area (Å²) in [7, 11) is 0. The summed E-state index contributed by atoms with van der Waals surface area (Å²) in [4.78, 5) is 8.48. The van der Waals surface area contributed by atoms with Crippen molar-refractivity contribution >= 4 is 0 Å². The van der Waals surface area contributed by atoms with E-state index in [1.807, 2.05) is 18.3 Å². The number of nitrogens with zero attached hydrogens (tertiary/aromatic N) is 3. The Morgan fingerprint density at radius 3 is 3.28 bits per heavy atom. The van der Waals surface area contributed by atoms with Crippen LogP contribution in [-0.2, 0) is 13.2 Å². The molecular formula is C13H16N4O. The van der Waals surface area contributed by atoms with Crippen molar-refractivity contribution in [2.45, 2.75) is 26.1 Å². The number of ether oxygens (including phenoxy) is 1. The van der Waals surface area contributed by atoms with Gasteiger partial charge in [-0.15, -0.1) is 0 Å². The molecule has 3 heterocycles. The van der Waals surface area contributed by atoms with Crippen LogP contribution in [0.5, 0.6) is 5.75 Å². The van der Waals surface area contributed by atoms with Gasteiger partial charge in [-0.2, -0.15) is 0 Å². The van der Waals surface area contributed by atoms with E-state index in [0.717, 1.165) is 30.4 Å². The summed E-state index contributed by atoms with van der Waals surface area (Å²) in [6, 6.07) is 4.09. The van der Waals surface area contributed by atoms with Crippen LogP contribution in [0.3, 0.4) is 0 Å². The maximum absolute atomic E-state index is 5.71. The van der Waals surface area contributed by atoms with Gasteiger partial charge in [-0.1, -0.05) is 0 Å². The zero-order valence-electron chi connectivity index (χ0n) is 10.3. The van der Waals surface area contributed by atoms with Gasteiger partial charge in [0.05, 0.1) is 24.1 Å². The van der Waals surface area contributed by atoms with Crippen molar-refractivity contribution in [2.24, 2.45) is 0 Å². The highest BCUT2D eigenvalue weighted by Gasteiger charge is 2.19. The highest BCUT2D eigenvalue weighted by atomic mass is 16.5. The zero-order chi connectivity index (χ0) is 12.4. The van der Waals surface area contributed by atoms with Crippen molar-refractivity contribution in [2.75, 3.05) is 6.54 Å². The minimum absolute atomic E-state index is 0.311. The molecule has 1 aliphatic rings. The summed E-state index contributed by atoms with van der Waals surface area (Å²) >= 11 is 0. The fraction of sp³-hybridized carbons (Fsp3) is 0.385. The van der Waals surface area contributed by atoms with Gasteiger partial charge >= 0.3 is 0 Å². The van der Waals surface area contributed by atoms with E-state index in [1.54, 1.807) is 12.4 Å². The number of hydrogen-bond acceptors (Lipinski definition) is 4. The van der Waals surface area contributed by atoms with Crippen molar-refractivity contribution < 1.29 is 4.74 Å². The van der Waals surface area contributed by atoms with Gasteiger partial charge in [0.15, 0.2) is 0 Å². The quantitative estimate of drug-likeness (QED) is 0.889. The first-order valence-electron chi connectivity index (χ1n) is 6.15. The van der Waals surface area contributed by atoms with Crippen LogP contribution in [0, 0.1) is 0 Å². The Morgan fingerprint density at radius 1 is 1.50 bits per heavy atom. The van der Waals surface area contributed by atoms with Crippen molar-refractivity contribution in [1.82, 2.24) is 19.9 Å². The lowest BCUT2D eigenvalue weighted by molar-refractivity contribution is 0.288. The number of aromatic nitrogens is 3. The average Bonchev–Trinajstić information content (AvgIpc) is 2.82. The molecule has 94 valence electrons. The lowest BCUT2D eigenvalue weighted by Gasteiger charge is -2.23. The molecule has 2 aromatic heterocycles. The molecule has 1 N–H and O–H groups in total. The fourth-order valence-corrected chi connectivity index (χ4v) is 2.22. The topological polar surface area (TPSA) is 52.0 Å². The molecule has 0 unspecified atom stereocenters. The molecular weight excluding hydrogens is 228 g/mol. The lowest BCUT2D eigenvalue weighted by atomic mass is 10.2. The molecule has 5 nitrogen and oxygen atoms in total. The van der Waals surface area contributed by atoms with Gasteiger partial charge in [-0.05, 0) is 19.1 Å². The molecule has 0 radical (unpaired) electrons. The van der Waals surface area contributed by atoms with E-state index in [0.29, 0.717) is 12.6 Å². The molecule has 0 bridgehead atoms. The second-order valence-electron chi connectivity index (χ2n) is 4.41. The zero-order valence-corrected chi connectivity index (χ0v) is 10.3. The predicted octanol–water partition coefficient (Wildman–Crippen LogP) is 1.52. The molecule has 0 aromatic carbocycles. The van der Waals surface area contributed by atoms with E-state index in [4.69, 9.17) is 4.74 Å². The molecule has 5 heteroatoms. The number of nitrogens with one attached hydrogen (secondary N) is 1. The van der Waals surface area contributed by atoms with E-state index in [9.17, 15) is 0 Å². The first-order valence-corrected chi connectivity index (χ1v) is 6.15. The minimum Gasteiger partial charge on any atom is -0.486 e. The van der Waals surface area contributed by atoms with Gasteiger partial charge in [0, 0.05) is 19.3 Å². The molecule has 18 heavy (non-hydrogen) atoms.